The van der Waals surface area contributed by atoms with Crippen molar-refractivity contribution < 1.29 is 19.8 Å². The van der Waals surface area contributed by atoms with Crippen LogP contribution in [0.3, 0.4) is 0 Å². The molecular formula is C12H16O4. The van der Waals surface area contributed by atoms with E-state index >= 15 is 0 Å². The van der Waals surface area contributed by atoms with Crippen LogP contribution in [-0.4, -0.2) is 22.0 Å². The van der Waals surface area contributed by atoms with Crippen molar-refractivity contribution in [2.45, 2.75) is 38.5 Å². The number of carboxylic acids is 1. The summed E-state index contributed by atoms with van der Waals surface area (Å²) >= 11 is 0. The molecule has 0 bridgehead atoms. The maximum atomic E-state index is 11.3. The number of aliphatic hydroxyl groups is 1. The summed E-state index contributed by atoms with van der Waals surface area (Å²) in [7, 11) is 0. The number of aliphatic hydroxyl groups excluding tert-OH is 1. The average molecular weight is 224 g/mol. The number of aliphatic carboxylic acids is 1. The predicted molar refractivity (Wildman–Crippen MR) is 59.1 cm³/mol. The lowest BCUT2D eigenvalue weighted by molar-refractivity contribution is -0.137. The van der Waals surface area contributed by atoms with Crippen molar-refractivity contribution in [2.24, 2.45) is 0 Å². The second-order valence-corrected chi connectivity index (χ2v) is 3.81. The zero-order chi connectivity index (χ0) is 12.0. The van der Waals surface area contributed by atoms with Crippen molar-refractivity contribution in [2.75, 3.05) is 0 Å². The van der Waals surface area contributed by atoms with Gasteiger partial charge in [-0.3, -0.25) is 9.59 Å². The lowest BCUT2D eigenvalue weighted by Gasteiger charge is -1.96. The molecule has 0 amide bonds. The van der Waals surface area contributed by atoms with Crippen LogP contribution in [0.4, 0.5) is 0 Å². The highest BCUT2D eigenvalue weighted by atomic mass is 16.4. The summed E-state index contributed by atoms with van der Waals surface area (Å²) < 4.78 is 0. The number of hydrogen-bond donors (Lipinski definition) is 2. The second-order valence-electron chi connectivity index (χ2n) is 3.81. The molecule has 0 saturated heterocycles. The molecule has 0 saturated carbocycles. The molecule has 0 atom stereocenters. The van der Waals surface area contributed by atoms with Crippen LogP contribution < -0.4 is 0 Å². The Kier molecular flexibility index (Phi) is 4.76. The summed E-state index contributed by atoms with van der Waals surface area (Å²) in [5.41, 5.74) is 0.509. The molecule has 0 aromatic heterocycles. The van der Waals surface area contributed by atoms with Crippen molar-refractivity contribution in [3.63, 3.8) is 0 Å². The molecule has 4 nitrogen and oxygen atoms in total. The molecule has 0 spiro atoms. The maximum Gasteiger partial charge on any atom is 0.303 e. The van der Waals surface area contributed by atoms with E-state index in [-0.39, 0.29) is 18.0 Å². The van der Waals surface area contributed by atoms with Crippen molar-refractivity contribution in [1.82, 2.24) is 0 Å². The molecule has 1 rings (SSSR count). The Labute approximate surface area is 94.3 Å². The molecular weight excluding hydrogens is 208 g/mol. The topological polar surface area (TPSA) is 74.6 Å². The molecule has 0 heterocycles. The monoisotopic (exact) mass is 224 g/mol. The quantitative estimate of drug-likeness (QED) is 0.536. The fraction of sp³-hybridized carbons (Fsp3) is 0.500. The van der Waals surface area contributed by atoms with E-state index < -0.39 is 5.97 Å². The number of ketones is 1. The largest absolute Gasteiger partial charge is 0.512 e. The van der Waals surface area contributed by atoms with Crippen LogP contribution in [-0.2, 0) is 9.59 Å². The minimum atomic E-state index is -0.792. The molecule has 1 aliphatic rings. The van der Waals surface area contributed by atoms with E-state index in [0.717, 1.165) is 0 Å². The SMILES string of the molecule is O=C(O)CCC/C=C/CC1=C(O)CCC1=O. The van der Waals surface area contributed by atoms with Gasteiger partial charge in [0.1, 0.15) is 0 Å². The number of Topliss-reactive ketones (excluding diaryl/α,β-unsaturated/α-hetero) is 1. The third kappa shape index (κ3) is 3.88. The number of unbranched alkanes of at least 4 members (excludes halogenated alkanes) is 1. The van der Waals surface area contributed by atoms with Crippen LogP contribution in [0.2, 0.25) is 0 Å². The van der Waals surface area contributed by atoms with Gasteiger partial charge in [-0.15, -0.1) is 0 Å². The number of carbonyl (C=O) groups is 2. The van der Waals surface area contributed by atoms with Gasteiger partial charge in [0.2, 0.25) is 0 Å². The fourth-order valence-electron chi connectivity index (χ4n) is 1.62. The maximum absolute atomic E-state index is 11.3. The fourth-order valence-corrected chi connectivity index (χ4v) is 1.62. The second kappa shape index (κ2) is 6.10. The number of allylic oxidation sites excluding steroid dienone is 4. The van der Waals surface area contributed by atoms with Gasteiger partial charge in [0.05, 0.1) is 5.76 Å². The van der Waals surface area contributed by atoms with Gasteiger partial charge in [-0.2, -0.15) is 0 Å². The Hall–Kier alpha value is -1.58. The molecule has 0 aliphatic heterocycles. The first kappa shape index (κ1) is 12.5. The molecule has 1 aliphatic carbocycles. The Morgan fingerprint density at radius 2 is 2.06 bits per heavy atom. The zero-order valence-corrected chi connectivity index (χ0v) is 9.11. The van der Waals surface area contributed by atoms with E-state index in [2.05, 4.69) is 0 Å². The lowest BCUT2D eigenvalue weighted by Crippen LogP contribution is -1.95. The summed E-state index contributed by atoms with van der Waals surface area (Å²) in [4.78, 5) is 21.5. The van der Waals surface area contributed by atoms with Gasteiger partial charge in [-0.05, 0) is 19.3 Å². The van der Waals surface area contributed by atoms with Crippen molar-refractivity contribution >= 4 is 11.8 Å². The van der Waals surface area contributed by atoms with Gasteiger partial charge < -0.3 is 10.2 Å². The molecule has 2 N–H and O–H groups in total. The molecule has 0 fully saturated rings. The third-order valence-electron chi connectivity index (χ3n) is 2.52. The number of carboxylic acid groups (broad SMARTS) is 1. The van der Waals surface area contributed by atoms with E-state index in [0.29, 0.717) is 37.7 Å². The molecule has 88 valence electrons. The van der Waals surface area contributed by atoms with Gasteiger partial charge in [0, 0.05) is 24.8 Å². The number of rotatable bonds is 6. The summed E-state index contributed by atoms with van der Waals surface area (Å²) in [6, 6.07) is 0. The predicted octanol–water partition coefficient (Wildman–Crippen LogP) is 2.36. The van der Waals surface area contributed by atoms with Crippen LogP contribution in [0.5, 0.6) is 0 Å². The molecule has 0 unspecified atom stereocenters. The highest BCUT2D eigenvalue weighted by Crippen LogP contribution is 2.23. The van der Waals surface area contributed by atoms with E-state index in [1.54, 1.807) is 0 Å². The van der Waals surface area contributed by atoms with Crippen LogP contribution in [0, 0.1) is 0 Å². The lowest BCUT2D eigenvalue weighted by atomic mass is 10.1. The molecule has 0 radical (unpaired) electrons. The van der Waals surface area contributed by atoms with Crippen LogP contribution in [0.1, 0.15) is 38.5 Å². The van der Waals surface area contributed by atoms with Crippen LogP contribution >= 0.6 is 0 Å². The van der Waals surface area contributed by atoms with E-state index in [1.807, 2.05) is 12.2 Å². The van der Waals surface area contributed by atoms with Crippen LogP contribution in [0.15, 0.2) is 23.5 Å². The minimum Gasteiger partial charge on any atom is -0.512 e. The smallest absolute Gasteiger partial charge is 0.303 e. The van der Waals surface area contributed by atoms with Gasteiger partial charge in [0.15, 0.2) is 5.78 Å². The Balaban J connectivity index is 2.24. The van der Waals surface area contributed by atoms with Crippen molar-refractivity contribution in [1.29, 1.82) is 0 Å². The van der Waals surface area contributed by atoms with Crippen LogP contribution in [0.25, 0.3) is 0 Å². The summed E-state index contributed by atoms with van der Waals surface area (Å²) in [5.74, 6) is -0.562. The highest BCUT2D eigenvalue weighted by molar-refractivity contribution is 5.98. The standard InChI is InChI=1S/C12H16O4/c13-10-7-8-11(14)9(10)5-3-1-2-4-6-12(15)16/h1,3,13H,2,4-8H2,(H,15,16)/b3-1+. The number of hydrogen-bond acceptors (Lipinski definition) is 3. The summed E-state index contributed by atoms with van der Waals surface area (Å²) in [6.45, 7) is 0. The molecule has 4 heteroatoms. The first-order valence-corrected chi connectivity index (χ1v) is 5.42. The van der Waals surface area contributed by atoms with E-state index in [4.69, 9.17) is 5.11 Å². The van der Waals surface area contributed by atoms with Crippen molar-refractivity contribution in [3.8, 4) is 0 Å². The Bertz CT molecular complexity index is 339. The van der Waals surface area contributed by atoms with E-state index in [9.17, 15) is 14.7 Å². The molecule has 0 aromatic carbocycles. The van der Waals surface area contributed by atoms with Gasteiger partial charge in [-0.25, -0.2) is 0 Å². The Morgan fingerprint density at radius 1 is 1.31 bits per heavy atom. The average Bonchev–Trinajstić information content (AvgIpc) is 2.53. The highest BCUT2D eigenvalue weighted by Gasteiger charge is 2.20. The summed E-state index contributed by atoms with van der Waals surface area (Å²) in [6.07, 6.45) is 6.45. The van der Waals surface area contributed by atoms with Gasteiger partial charge >= 0.3 is 5.97 Å². The first-order chi connectivity index (χ1) is 7.61. The molecule has 16 heavy (non-hydrogen) atoms. The molecule has 0 aromatic rings. The zero-order valence-electron chi connectivity index (χ0n) is 9.11. The number of carbonyl (C=O) groups excluding carboxylic acids is 1. The van der Waals surface area contributed by atoms with Crippen molar-refractivity contribution in [3.05, 3.63) is 23.5 Å². The Morgan fingerprint density at radius 3 is 2.62 bits per heavy atom. The van der Waals surface area contributed by atoms with E-state index in [1.165, 1.54) is 0 Å². The first-order valence-electron chi connectivity index (χ1n) is 5.42. The van der Waals surface area contributed by atoms with Gasteiger partial charge in [0.25, 0.3) is 0 Å². The normalized spacial score (nSPS) is 16.4. The minimum absolute atomic E-state index is 0.0210. The summed E-state index contributed by atoms with van der Waals surface area (Å²) in [5, 5.41) is 17.8. The van der Waals surface area contributed by atoms with Gasteiger partial charge in [-0.1, -0.05) is 12.2 Å². The third-order valence-corrected chi connectivity index (χ3v) is 2.52.